The van der Waals surface area contributed by atoms with E-state index < -0.39 is 0 Å². The lowest BCUT2D eigenvalue weighted by Crippen LogP contribution is -2.45. The van der Waals surface area contributed by atoms with Gasteiger partial charge in [-0.15, -0.1) is 0 Å². The Morgan fingerprint density at radius 2 is 1.81 bits per heavy atom. The summed E-state index contributed by atoms with van der Waals surface area (Å²) >= 11 is 5.62. The minimum absolute atomic E-state index is 0.134. The summed E-state index contributed by atoms with van der Waals surface area (Å²) in [6, 6.07) is 14.1. The predicted octanol–water partition coefficient (Wildman–Crippen LogP) is 4.57. The van der Waals surface area contributed by atoms with Crippen molar-refractivity contribution in [1.29, 1.82) is 0 Å². The molecule has 1 saturated carbocycles. The van der Waals surface area contributed by atoms with E-state index in [1.807, 2.05) is 37.3 Å². The Labute approximate surface area is 165 Å². The summed E-state index contributed by atoms with van der Waals surface area (Å²) in [5.41, 5.74) is 2.00. The molecule has 0 amide bonds. The summed E-state index contributed by atoms with van der Waals surface area (Å²) in [7, 11) is 0. The number of thiocarbonyl (C=S) groups is 1. The SMILES string of the molecule is CCOc1ccc(C2(NC(=S)Nc3ccc4c(c3)OCO4)CCCC2)cc1. The van der Waals surface area contributed by atoms with Crippen LogP contribution in [0.3, 0.4) is 0 Å². The molecule has 2 aromatic carbocycles. The van der Waals surface area contributed by atoms with Crippen LogP contribution in [0.5, 0.6) is 17.2 Å². The van der Waals surface area contributed by atoms with Gasteiger partial charge in [0.2, 0.25) is 6.79 Å². The molecular formula is C21H24N2O3S. The van der Waals surface area contributed by atoms with Gasteiger partial charge < -0.3 is 24.8 Å². The Balaban J connectivity index is 1.48. The molecule has 0 aromatic heterocycles. The van der Waals surface area contributed by atoms with Crippen LogP contribution >= 0.6 is 12.2 Å². The van der Waals surface area contributed by atoms with Crippen molar-refractivity contribution in [3.63, 3.8) is 0 Å². The Kier molecular flexibility index (Phi) is 5.07. The number of anilines is 1. The summed E-state index contributed by atoms with van der Waals surface area (Å²) in [6.45, 7) is 2.93. The molecule has 0 unspecified atom stereocenters. The maximum atomic E-state index is 5.62. The molecule has 1 aliphatic carbocycles. The third kappa shape index (κ3) is 3.81. The number of fused-ring (bicyclic) bond motifs is 1. The van der Waals surface area contributed by atoms with Crippen molar-refractivity contribution in [2.45, 2.75) is 38.1 Å². The van der Waals surface area contributed by atoms with E-state index in [1.165, 1.54) is 18.4 Å². The topological polar surface area (TPSA) is 51.8 Å². The first-order chi connectivity index (χ1) is 13.2. The van der Waals surface area contributed by atoms with Crippen molar-refractivity contribution in [3.8, 4) is 17.2 Å². The van der Waals surface area contributed by atoms with E-state index in [1.54, 1.807) is 0 Å². The Hall–Kier alpha value is -2.47. The van der Waals surface area contributed by atoms with Crippen LogP contribution in [0.15, 0.2) is 42.5 Å². The largest absolute Gasteiger partial charge is 0.494 e. The van der Waals surface area contributed by atoms with Gasteiger partial charge in [0.25, 0.3) is 0 Å². The van der Waals surface area contributed by atoms with Crippen LogP contribution in [0.25, 0.3) is 0 Å². The van der Waals surface area contributed by atoms with Crippen LogP contribution in [0, 0.1) is 0 Å². The second kappa shape index (κ2) is 7.64. The van der Waals surface area contributed by atoms with E-state index in [0.717, 1.165) is 35.8 Å². The molecule has 0 radical (unpaired) electrons. The predicted molar refractivity (Wildman–Crippen MR) is 110 cm³/mol. The third-order valence-corrected chi connectivity index (χ3v) is 5.36. The lowest BCUT2D eigenvalue weighted by Gasteiger charge is -2.32. The zero-order chi connectivity index (χ0) is 18.7. The number of hydrogen-bond acceptors (Lipinski definition) is 4. The first-order valence-corrected chi connectivity index (χ1v) is 9.81. The fourth-order valence-electron chi connectivity index (χ4n) is 3.86. The number of benzene rings is 2. The molecule has 6 heteroatoms. The molecule has 2 aliphatic rings. The van der Waals surface area contributed by atoms with E-state index >= 15 is 0 Å². The lowest BCUT2D eigenvalue weighted by molar-refractivity contribution is 0.174. The van der Waals surface area contributed by atoms with Gasteiger partial charge in [0.15, 0.2) is 16.6 Å². The van der Waals surface area contributed by atoms with Crippen molar-refractivity contribution in [2.75, 3.05) is 18.7 Å². The van der Waals surface area contributed by atoms with Gasteiger partial charge in [0.05, 0.1) is 12.1 Å². The molecule has 2 N–H and O–H groups in total. The highest BCUT2D eigenvalue weighted by Gasteiger charge is 2.36. The quantitative estimate of drug-likeness (QED) is 0.737. The van der Waals surface area contributed by atoms with Gasteiger partial charge >= 0.3 is 0 Å². The molecule has 0 saturated heterocycles. The molecule has 0 atom stereocenters. The molecule has 4 rings (SSSR count). The number of hydrogen-bond donors (Lipinski definition) is 2. The van der Waals surface area contributed by atoms with Crippen molar-refractivity contribution >= 4 is 23.0 Å². The summed E-state index contributed by atoms with van der Waals surface area (Å²) < 4.78 is 16.4. The Morgan fingerprint density at radius 3 is 2.56 bits per heavy atom. The zero-order valence-electron chi connectivity index (χ0n) is 15.4. The second-order valence-corrected chi connectivity index (χ2v) is 7.30. The van der Waals surface area contributed by atoms with Crippen LogP contribution in [0.4, 0.5) is 5.69 Å². The fourth-order valence-corrected chi connectivity index (χ4v) is 4.17. The van der Waals surface area contributed by atoms with Crippen molar-refractivity contribution < 1.29 is 14.2 Å². The van der Waals surface area contributed by atoms with Crippen LogP contribution in [-0.2, 0) is 5.54 Å². The average Bonchev–Trinajstić information content (AvgIpc) is 3.32. The highest BCUT2D eigenvalue weighted by molar-refractivity contribution is 7.80. The van der Waals surface area contributed by atoms with E-state index in [-0.39, 0.29) is 12.3 Å². The van der Waals surface area contributed by atoms with E-state index in [0.29, 0.717) is 11.7 Å². The minimum atomic E-state index is -0.134. The van der Waals surface area contributed by atoms with Gasteiger partial charge in [0, 0.05) is 11.8 Å². The van der Waals surface area contributed by atoms with Gasteiger partial charge in [-0.1, -0.05) is 25.0 Å². The molecule has 5 nitrogen and oxygen atoms in total. The first kappa shape index (κ1) is 17.9. The third-order valence-electron chi connectivity index (χ3n) is 5.16. The zero-order valence-corrected chi connectivity index (χ0v) is 16.2. The van der Waals surface area contributed by atoms with Crippen LogP contribution in [0.1, 0.15) is 38.2 Å². The minimum Gasteiger partial charge on any atom is -0.494 e. The van der Waals surface area contributed by atoms with E-state index in [9.17, 15) is 0 Å². The molecule has 1 fully saturated rings. The molecule has 0 bridgehead atoms. The molecular weight excluding hydrogens is 360 g/mol. The second-order valence-electron chi connectivity index (χ2n) is 6.89. The standard InChI is InChI=1S/C21H24N2O3S/c1-2-24-17-8-5-15(6-9-17)21(11-3-4-12-21)23-20(27)22-16-7-10-18-19(13-16)26-14-25-18/h5-10,13H,2-4,11-12,14H2,1H3,(H2,22,23,27). The summed E-state index contributed by atoms with van der Waals surface area (Å²) in [5, 5.41) is 7.48. The summed E-state index contributed by atoms with van der Waals surface area (Å²) in [6.07, 6.45) is 4.49. The molecule has 0 spiro atoms. The van der Waals surface area contributed by atoms with Gasteiger partial charge in [-0.2, -0.15) is 0 Å². The van der Waals surface area contributed by atoms with Crippen molar-refractivity contribution in [3.05, 3.63) is 48.0 Å². The van der Waals surface area contributed by atoms with Crippen molar-refractivity contribution in [2.24, 2.45) is 0 Å². The monoisotopic (exact) mass is 384 g/mol. The van der Waals surface area contributed by atoms with Crippen LogP contribution < -0.4 is 24.8 Å². The Morgan fingerprint density at radius 1 is 1.07 bits per heavy atom. The highest BCUT2D eigenvalue weighted by atomic mass is 32.1. The molecule has 1 aliphatic heterocycles. The maximum Gasteiger partial charge on any atom is 0.231 e. The van der Waals surface area contributed by atoms with Crippen molar-refractivity contribution in [1.82, 2.24) is 5.32 Å². The number of ether oxygens (including phenoxy) is 3. The molecule has 27 heavy (non-hydrogen) atoms. The highest BCUT2D eigenvalue weighted by Crippen LogP contribution is 2.39. The first-order valence-electron chi connectivity index (χ1n) is 9.41. The molecule has 1 heterocycles. The fraction of sp³-hybridized carbons (Fsp3) is 0.381. The normalized spacial score (nSPS) is 16.8. The summed E-state index contributed by atoms with van der Waals surface area (Å²) in [5.74, 6) is 2.40. The van der Waals surface area contributed by atoms with Gasteiger partial charge in [0.1, 0.15) is 5.75 Å². The smallest absolute Gasteiger partial charge is 0.231 e. The van der Waals surface area contributed by atoms with Gasteiger partial charge in [-0.3, -0.25) is 0 Å². The lowest BCUT2D eigenvalue weighted by atomic mass is 9.88. The average molecular weight is 385 g/mol. The van der Waals surface area contributed by atoms with E-state index in [4.69, 9.17) is 26.4 Å². The van der Waals surface area contributed by atoms with Crippen LogP contribution in [0.2, 0.25) is 0 Å². The summed E-state index contributed by atoms with van der Waals surface area (Å²) in [4.78, 5) is 0. The number of rotatable bonds is 5. The van der Waals surface area contributed by atoms with Gasteiger partial charge in [-0.05, 0) is 61.8 Å². The Bertz CT molecular complexity index is 817. The van der Waals surface area contributed by atoms with E-state index in [2.05, 4.69) is 22.8 Å². The molecule has 2 aromatic rings. The maximum absolute atomic E-state index is 5.62. The number of nitrogens with one attached hydrogen (secondary N) is 2. The molecule has 142 valence electrons. The van der Waals surface area contributed by atoms with Gasteiger partial charge in [-0.25, -0.2) is 0 Å². The van der Waals surface area contributed by atoms with Crippen LogP contribution in [-0.4, -0.2) is 18.5 Å².